The van der Waals surface area contributed by atoms with Crippen LogP contribution in [-0.2, 0) is 17.9 Å². The van der Waals surface area contributed by atoms with Crippen LogP contribution in [0.25, 0.3) is 0 Å². The van der Waals surface area contributed by atoms with Crippen molar-refractivity contribution < 1.29 is 9.59 Å². The first-order valence-electron chi connectivity index (χ1n) is 9.81. The minimum Gasteiger partial charge on any atom is -0.350 e. The molecule has 1 aliphatic rings. The van der Waals surface area contributed by atoms with Gasteiger partial charge in [0.1, 0.15) is 0 Å². The van der Waals surface area contributed by atoms with Gasteiger partial charge in [0.25, 0.3) is 5.91 Å². The number of nitrogens with zero attached hydrogens (tertiary/aromatic N) is 1. The van der Waals surface area contributed by atoms with Crippen molar-refractivity contribution in [3.63, 3.8) is 0 Å². The van der Waals surface area contributed by atoms with E-state index in [9.17, 15) is 9.59 Å². The van der Waals surface area contributed by atoms with Gasteiger partial charge < -0.3 is 10.6 Å². The molecule has 154 valence electrons. The maximum atomic E-state index is 12.1. The van der Waals surface area contributed by atoms with E-state index in [4.69, 9.17) is 23.2 Å². The monoisotopic (exact) mass is 433 g/mol. The van der Waals surface area contributed by atoms with E-state index in [0.29, 0.717) is 11.6 Å². The van der Waals surface area contributed by atoms with Crippen LogP contribution in [-0.4, -0.2) is 36.3 Å². The predicted molar refractivity (Wildman–Crippen MR) is 116 cm³/mol. The van der Waals surface area contributed by atoms with Gasteiger partial charge in [0.15, 0.2) is 0 Å². The highest BCUT2D eigenvalue weighted by Gasteiger charge is 2.12. The molecule has 1 heterocycles. The molecule has 3 rings (SSSR count). The highest BCUT2D eigenvalue weighted by molar-refractivity contribution is 6.36. The van der Waals surface area contributed by atoms with E-state index in [1.165, 1.54) is 50.0 Å². The van der Waals surface area contributed by atoms with Gasteiger partial charge >= 0.3 is 0 Å². The van der Waals surface area contributed by atoms with E-state index < -0.39 is 5.91 Å². The lowest BCUT2D eigenvalue weighted by atomic mass is 10.1. The highest BCUT2D eigenvalue weighted by atomic mass is 35.5. The van der Waals surface area contributed by atoms with Gasteiger partial charge in [-0.05, 0) is 55.3 Å². The Morgan fingerprint density at radius 2 is 1.59 bits per heavy atom. The number of likely N-dealkylation sites (tertiary alicyclic amines) is 1. The van der Waals surface area contributed by atoms with Crippen molar-refractivity contribution in [3.8, 4) is 0 Å². The number of hydrogen-bond acceptors (Lipinski definition) is 3. The van der Waals surface area contributed by atoms with Crippen LogP contribution in [0.5, 0.6) is 0 Å². The molecular formula is C22H25Cl2N3O2. The van der Waals surface area contributed by atoms with Crippen molar-refractivity contribution in [2.24, 2.45) is 0 Å². The summed E-state index contributed by atoms with van der Waals surface area (Å²) in [6.07, 6.45) is 3.90. The SMILES string of the molecule is O=C(CNC(=O)c1ccc(Cl)cc1Cl)NCc1ccc(CN2CCCCC2)cc1. The Hall–Kier alpha value is -2.08. The number of amides is 2. The van der Waals surface area contributed by atoms with Crippen molar-refractivity contribution in [2.75, 3.05) is 19.6 Å². The topological polar surface area (TPSA) is 61.4 Å². The molecule has 0 saturated carbocycles. The quantitative estimate of drug-likeness (QED) is 0.692. The van der Waals surface area contributed by atoms with Gasteiger partial charge in [0, 0.05) is 18.1 Å². The third-order valence-corrected chi connectivity index (χ3v) is 5.50. The van der Waals surface area contributed by atoms with Gasteiger partial charge in [-0.3, -0.25) is 14.5 Å². The molecule has 0 radical (unpaired) electrons. The Balaban J connectivity index is 1.41. The van der Waals surface area contributed by atoms with Gasteiger partial charge in [-0.15, -0.1) is 0 Å². The summed E-state index contributed by atoms with van der Waals surface area (Å²) in [6, 6.07) is 12.9. The zero-order chi connectivity index (χ0) is 20.6. The maximum Gasteiger partial charge on any atom is 0.253 e. The minimum atomic E-state index is -0.413. The number of carbonyl (C=O) groups excluding carboxylic acids is 2. The Morgan fingerprint density at radius 3 is 2.28 bits per heavy atom. The third kappa shape index (κ3) is 6.74. The van der Waals surface area contributed by atoms with Crippen molar-refractivity contribution in [3.05, 3.63) is 69.2 Å². The first kappa shape index (κ1) is 21.6. The maximum absolute atomic E-state index is 12.1. The molecule has 2 aromatic carbocycles. The average Bonchev–Trinajstić information content (AvgIpc) is 2.72. The molecule has 1 fully saturated rings. The summed E-state index contributed by atoms with van der Waals surface area (Å²) in [5, 5.41) is 6.08. The van der Waals surface area contributed by atoms with Crippen molar-refractivity contribution in [1.82, 2.24) is 15.5 Å². The number of rotatable bonds is 7. The van der Waals surface area contributed by atoms with Crippen LogP contribution in [0, 0.1) is 0 Å². The summed E-state index contributed by atoms with van der Waals surface area (Å²) in [5.41, 5.74) is 2.59. The Morgan fingerprint density at radius 1 is 0.897 bits per heavy atom. The average molecular weight is 434 g/mol. The largest absolute Gasteiger partial charge is 0.350 e. The minimum absolute atomic E-state index is 0.120. The van der Waals surface area contributed by atoms with Crippen LogP contribution in [0.3, 0.4) is 0 Å². The van der Waals surface area contributed by atoms with Gasteiger partial charge in [0.2, 0.25) is 5.91 Å². The van der Waals surface area contributed by atoms with E-state index >= 15 is 0 Å². The van der Waals surface area contributed by atoms with Crippen LogP contribution in [0.1, 0.15) is 40.7 Å². The van der Waals surface area contributed by atoms with Crippen LogP contribution >= 0.6 is 23.2 Å². The van der Waals surface area contributed by atoms with E-state index in [-0.39, 0.29) is 23.0 Å². The molecular weight excluding hydrogens is 409 g/mol. The number of piperidine rings is 1. The van der Waals surface area contributed by atoms with E-state index in [2.05, 4.69) is 27.7 Å². The number of benzene rings is 2. The number of nitrogens with one attached hydrogen (secondary N) is 2. The number of halogens is 2. The van der Waals surface area contributed by atoms with Gasteiger partial charge in [-0.25, -0.2) is 0 Å². The number of carbonyl (C=O) groups is 2. The van der Waals surface area contributed by atoms with E-state index in [1.54, 1.807) is 6.07 Å². The lowest BCUT2D eigenvalue weighted by Gasteiger charge is -2.26. The van der Waals surface area contributed by atoms with Crippen LogP contribution in [0.2, 0.25) is 10.0 Å². The Kier molecular flexibility index (Phi) is 7.92. The lowest BCUT2D eigenvalue weighted by Crippen LogP contribution is -2.36. The van der Waals surface area contributed by atoms with E-state index in [1.807, 2.05) is 12.1 Å². The lowest BCUT2D eigenvalue weighted by molar-refractivity contribution is -0.120. The number of hydrogen-bond donors (Lipinski definition) is 2. The van der Waals surface area contributed by atoms with E-state index in [0.717, 1.165) is 12.1 Å². The predicted octanol–water partition coefficient (Wildman–Crippen LogP) is 4.03. The summed E-state index contributed by atoms with van der Waals surface area (Å²) in [6.45, 7) is 3.62. The summed E-state index contributed by atoms with van der Waals surface area (Å²) in [5.74, 6) is -0.676. The second-order valence-corrected chi connectivity index (χ2v) is 8.08. The Labute approximate surface area is 181 Å². The molecule has 0 unspecified atom stereocenters. The molecule has 0 aliphatic carbocycles. The third-order valence-electron chi connectivity index (χ3n) is 4.95. The van der Waals surface area contributed by atoms with Crippen molar-refractivity contribution in [1.29, 1.82) is 0 Å². The molecule has 5 nitrogen and oxygen atoms in total. The fourth-order valence-corrected chi connectivity index (χ4v) is 3.83. The molecule has 2 N–H and O–H groups in total. The van der Waals surface area contributed by atoms with Crippen LogP contribution in [0.4, 0.5) is 0 Å². The van der Waals surface area contributed by atoms with Gasteiger partial charge in [-0.1, -0.05) is 53.9 Å². The van der Waals surface area contributed by atoms with Crippen molar-refractivity contribution >= 4 is 35.0 Å². The smallest absolute Gasteiger partial charge is 0.253 e. The normalized spacial score (nSPS) is 14.4. The second-order valence-electron chi connectivity index (χ2n) is 7.24. The molecule has 1 aliphatic heterocycles. The molecule has 0 aromatic heterocycles. The first-order valence-corrected chi connectivity index (χ1v) is 10.6. The molecule has 7 heteroatoms. The highest BCUT2D eigenvalue weighted by Crippen LogP contribution is 2.20. The zero-order valence-corrected chi connectivity index (χ0v) is 17.7. The molecule has 2 amide bonds. The standard InChI is InChI=1S/C22H25Cl2N3O2/c23-18-8-9-19(20(24)12-18)22(29)26-14-21(28)25-13-16-4-6-17(7-5-16)15-27-10-2-1-3-11-27/h4-9,12H,1-3,10-11,13-15H2,(H,25,28)(H,26,29). The summed E-state index contributed by atoms with van der Waals surface area (Å²) >= 11 is 11.8. The first-order chi connectivity index (χ1) is 14.0. The van der Waals surface area contributed by atoms with Crippen LogP contribution < -0.4 is 10.6 Å². The van der Waals surface area contributed by atoms with Gasteiger partial charge in [0.05, 0.1) is 17.1 Å². The fourth-order valence-electron chi connectivity index (χ4n) is 3.33. The molecule has 1 saturated heterocycles. The molecule has 0 spiro atoms. The molecule has 0 atom stereocenters. The summed E-state index contributed by atoms with van der Waals surface area (Å²) in [4.78, 5) is 26.7. The fraction of sp³-hybridized carbons (Fsp3) is 0.364. The van der Waals surface area contributed by atoms with Crippen molar-refractivity contribution in [2.45, 2.75) is 32.4 Å². The van der Waals surface area contributed by atoms with Gasteiger partial charge in [-0.2, -0.15) is 0 Å². The summed E-state index contributed by atoms with van der Waals surface area (Å²) < 4.78 is 0. The molecule has 2 aromatic rings. The Bertz CT molecular complexity index is 850. The summed E-state index contributed by atoms with van der Waals surface area (Å²) in [7, 11) is 0. The second kappa shape index (κ2) is 10.6. The van der Waals surface area contributed by atoms with Crippen LogP contribution in [0.15, 0.2) is 42.5 Å². The molecule has 0 bridgehead atoms. The zero-order valence-electron chi connectivity index (χ0n) is 16.2. The molecule has 29 heavy (non-hydrogen) atoms.